The molecule has 0 saturated carbocycles. The Bertz CT molecular complexity index is 2170. The Balaban J connectivity index is 0.000000483. The van der Waals surface area contributed by atoms with Crippen LogP contribution >= 0.6 is 0 Å². The third-order valence-electron chi connectivity index (χ3n) is 9.07. The fourth-order valence-corrected chi connectivity index (χ4v) is 5.67. The molecule has 2 atom stereocenters. The van der Waals surface area contributed by atoms with Crippen LogP contribution in [0.1, 0.15) is 43.9 Å². The molecule has 13 heteroatoms. The molecule has 0 aliphatic heterocycles. The summed E-state index contributed by atoms with van der Waals surface area (Å²) in [7, 11) is 7.30. The standard InChI is InChI=1S/C21H24N4O4.C9H13NO.C9H12.C8H9NO2.C6H6.C2H6/c22-19(27)13-23-21(29)25-18(12-16-9-5-2-6-10-16)20(28)24-17(14-26)11-15-7-3-1-4-8-15;1-10(2)8-4-6-9(11-3)7-5-8;1-2-6-9-7-4-3-5-8-9;1-11-8-4-2-7(3-5-8)9-6-10;1-2-4-6-5-3-1;1-2/h1-10,14,17-18H,11-13H2,(H2,22,27)(H,24,28)(H2,23,25,29);4-7H,1-3H3;3-5,7-8H,2,6H2,1H3;2-6H,1H3,(H,9,10);1-6H;1-2H3/t17-,18?;;;;;/m0...../s1. The number of aryl methyl sites for hydroxylation is 1. The van der Waals surface area contributed by atoms with Gasteiger partial charge in [0, 0.05) is 31.9 Å². The van der Waals surface area contributed by atoms with Gasteiger partial charge in [-0.05, 0) is 78.1 Å². The Kier molecular flexibility index (Phi) is 31.9. The summed E-state index contributed by atoms with van der Waals surface area (Å²) in [4.78, 5) is 59.1. The molecule has 0 aliphatic carbocycles. The Morgan fingerprint density at radius 2 is 1.03 bits per heavy atom. The number of primary amides is 1. The van der Waals surface area contributed by atoms with Crippen molar-refractivity contribution in [2.24, 2.45) is 5.73 Å². The molecule has 1 unspecified atom stereocenters. The molecule has 0 bridgehead atoms. The molecule has 362 valence electrons. The predicted octanol–water partition coefficient (Wildman–Crippen LogP) is 8.69. The van der Waals surface area contributed by atoms with Crippen LogP contribution in [0.5, 0.6) is 11.5 Å². The maximum atomic E-state index is 12.8. The van der Waals surface area contributed by atoms with E-state index in [1.807, 2.05) is 149 Å². The first-order valence-electron chi connectivity index (χ1n) is 22.4. The molecule has 0 aromatic heterocycles. The van der Waals surface area contributed by atoms with E-state index in [9.17, 15) is 24.0 Å². The van der Waals surface area contributed by atoms with E-state index < -0.39 is 29.9 Å². The second kappa shape index (κ2) is 37.3. The zero-order chi connectivity index (χ0) is 50.2. The van der Waals surface area contributed by atoms with Gasteiger partial charge in [0.1, 0.15) is 23.8 Å². The van der Waals surface area contributed by atoms with Crippen molar-refractivity contribution in [3.8, 4) is 11.5 Å². The summed E-state index contributed by atoms with van der Waals surface area (Å²) in [5, 5.41) is 10.0. The summed E-state index contributed by atoms with van der Waals surface area (Å²) in [6.45, 7) is 5.85. The van der Waals surface area contributed by atoms with E-state index >= 15 is 0 Å². The van der Waals surface area contributed by atoms with Gasteiger partial charge in [0.25, 0.3) is 0 Å². The SMILES string of the molecule is CC.CCCc1ccccc1.COc1ccc(N(C)C)cc1.COc1ccc(NC=O)cc1.NC(=O)CNC(=O)NC(Cc1ccccc1)C(=O)N[C@H](C=O)Cc1ccccc1.c1ccccc1. The van der Waals surface area contributed by atoms with Gasteiger partial charge in [-0.2, -0.15) is 0 Å². The fraction of sp³-hybridized carbons (Fsp3) is 0.255. The van der Waals surface area contributed by atoms with Gasteiger partial charge in [0.05, 0.1) is 26.8 Å². The summed E-state index contributed by atoms with van der Waals surface area (Å²) in [5.74, 6) is 0.473. The van der Waals surface area contributed by atoms with Crippen LogP contribution in [0.25, 0.3) is 0 Å². The number of nitrogens with one attached hydrogen (secondary N) is 4. The number of rotatable bonds is 17. The van der Waals surface area contributed by atoms with Crippen molar-refractivity contribution in [3.63, 3.8) is 0 Å². The van der Waals surface area contributed by atoms with Crippen molar-refractivity contribution in [1.82, 2.24) is 16.0 Å². The number of anilines is 2. The molecule has 0 fully saturated rings. The average molecular weight is 927 g/mol. The van der Waals surface area contributed by atoms with Crippen LogP contribution < -0.4 is 41.4 Å². The minimum Gasteiger partial charge on any atom is -0.497 e. The number of benzene rings is 6. The van der Waals surface area contributed by atoms with Crippen molar-refractivity contribution >= 4 is 41.9 Å². The van der Waals surface area contributed by atoms with E-state index in [-0.39, 0.29) is 13.0 Å². The van der Waals surface area contributed by atoms with E-state index in [1.54, 1.807) is 38.5 Å². The van der Waals surface area contributed by atoms with Crippen LogP contribution in [-0.2, 0) is 38.4 Å². The lowest BCUT2D eigenvalue weighted by atomic mass is 10.0. The maximum Gasteiger partial charge on any atom is 0.315 e. The number of amides is 5. The lowest BCUT2D eigenvalue weighted by Gasteiger charge is -2.21. The first-order chi connectivity index (χ1) is 33.0. The zero-order valence-electron chi connectivity index (χ0n) is 40.5. The summed E-state index contributed by atoms with van der Waals surface area (Å²) >= 11 is 0. The molecule has 6 N–H and O–H groups in total. The van der Waals surface area contributed by atoms with Gasteiger partial charge < -0.3 is 46.2 Å². The summed E-state index contributed by atoms with van der Waals surface area (Å²) in [6, 6.07) is 53.7. The van der Waals surface area contributed by atoms with Gasteiger partial charge in [-0.1, -0.05) is 155 Å². The van der Waals surface area contributed by atoms with Crippen LogP contribution in [0.2, 0.25) is 0 Å². The normalized spacial score (nSPS) is 10.2. The molecule has 5 amide bonds. The van der Waals surface area contributed by atoms with Crippen molar-refractivity contribution in [1.29, 1.82) is 0 Å². The quantitative estimate of drug-likeness (QED) is 0.0564. The number of hydrogen-bond acceptors (Lipinski definition) is 8. The van der Waals surface area contributed by atoms with Crippen LogP contribution in [0.15, 0.2) is 176 Å². The van der Waals surface area contributed by atoms with Crippen molar-refractivity contribution < 1.29 is 33.4 Å². The topological polar surface area (TPSA) is 181 Å². The number of urea groups is 1. The minimum absolute atomic E-state index is 0.216. The number of aldehydes is 1. The second-order valence-corrected chi connectivity index (χ2v) is 14.4. The second-order valence-electron chi connectivity index (χ2n) is 14.4. The number of ether oxygens (including phenoxy) is 2. The van der Waals surface area contributed by atoms with E-state index in [0.29, 0.717) is 19.1 Å². The highest BCUT2D eigenvalue weighted by Gasteiger charge is 2.24. The Morgan fingerprint density at radius 1 is 0.603 bits per heavy atom. The highest BCUT2D eigenvalue weighted by molar-refractivity contribution is 5.90. The average Bonchev–Trinajstić information content (AvgIpc) is 3.38. The number of nitrogens with zero attached hydrogens (tertiary/aromatic N) is 1. The van der Waals surface area contributed by atoms with Crippen LogP contribution in [-0.4, -0.2) is 77.5 Å². The molecule has 0 radical (unpaired) electrons. The van der Waals surface area contributed by atoms with Crippen molar-refractivity contribution in [2.45, 2.75) is 58.5 Å². The van der Waals surface area contributed by atoms with Gasteiger partial charge in [-0.15, -0.1) is 0 Å². The molecule has 6 aromatic carbocycles. The molecule has 0 spiro atoms. The highest BCUT2D eigenvalue weighted by atomic mass is 16.5. The van der Waals surface area contributed by atoms with E-state index in [2.05, 4.69) is 63.4 Å². The molecular formula is C55H70N6O7. The Labute approximate surface area is 403 Å². The van der Waals surface area contributed by atoms with Gasteiger partial charge in [-0.25, -0.2) is 4.79 Å². The number of nitrogens with two attached hydrogens (primary N) is 1. The largest absolute Gasteiger partial charge is 0.497 e. The molecular weight excluding hydrogens is 857 g/mol. The Hall–Kier alpha value is -7.93. The predicted molar refractivity (Wildman–Crippen MR) is 276 cm³/mol. The van der Waals surface area contributed by atoms with Crippen molar-refractivity contribution in [3.05, 3.63) is 193 Å². The first kappa shape index (κ1) is 58.1. The third-order valence-corrected chi connectivity index (χ3v) is 9.07. The zero-order valence-corrected chi connectivity index (χ0v) is 40.5. The molecule has 6 aromatic rings. The maximum absolute atomic E-state index is 12.8. The summed E-state index contributed by atoms with van der Waals surface area (Å²) in [5.41, 5.74) is 10.1. The van der Waals surface area contributed by atoms with E-state index in [1.165, 1.54) is 24.1 Å². The molecule has 6 rings (SSSR count). The van der Waals surface area contributed by atoms with Crippen LogP contribution in [0.3, 0.4) is 0 Å². The molecule has 0 heterocycles. The lowest BCUT2D eigenvalue weighted by Crippen LogP contribution is -2.54. The number of carbonyl (C=O) groups is 5. The van der Waals surface area contributed by atoms with E-state index in [0.717, 1.165) is 28.3 Å². The number of methoxy groups -OCH3 is 2. The highest BCUT2D eigenvalue weighted by Crippen LogP contribution is 2.17. The van der Waals surface area contributed by atoms with Crippen LogP contribution in [0.4, 0.5) is 16.2 Å². The monoisotopic (exact) mass is 927 g/mol. The van der Waals surface area contributed by atoms with E-state index in [4.69, 9.17) is 15.2 Å². The summed E-state index contributed by atoms with van der Waals surface area (Å²) < 4.78 is 9.96. The number of hydrogen-bond donors (Lipinski definition) is 5. The minimum atomic E-state index is -0.941. The van der Waals surface area contributed by atoms with Crippen molar-refractivity contribution in [2.75, 3.05) is 45.1 Å². The summed E-state index contributed by atoms with van der Waals surface area (Å²) in [6.07, 6.45) is 4.31. The van der Waals surface area contributed by atoms with Gasteiger partial charge in [0.15, 0.2) is 0 Å². The van der Waals surface area contributed by atoms with Gasteiger partial charge in [0.2, 0.25) is 18.2 Å². The first-order valence-corrected chi connectivity index (χ1v) is 22.4. The third kappa shape index (κ3) is 27.4. The molecule has 68 heavy (non-hydrogen) atoms. The van der Waals surface area contributed by atoms with Gasteiger partial charge >= 0.3 is 6.03 Å². The van der Waals surface area contributed by atoms with Crippen LogP contribution in [0, 0.1) is 0 Å². The Morgan fingerprint density at radius 3 is 1.43 bits per heavy atom. The van der Waals surface area contributed by atoms with Gasteiger partial charge in [-0.3, -0.25) is 14.4 Å². The molecule has 13 nitrogen and oxygen atoms in total. The molecule has 0 saturated heterocycles. The lowest BCUT2D eigenvalue weighted by molar-refractivity contribution is -0.125. The number of carbonyl (C=O) groups excluding carboxylic acids is 5. The fourth-order valence-electron chi connectivity index (χ4n) is 5.67. The molecule has 0 aliphatic rings. The smallest absolute Gasteiger partial charge is 0.315 e.